The summed E-state index contributed by atoms with van der Waals surface area (Å²) >= 11 is 10.7. The third-order valence-electron chi connectivity index (χ3n) is 1.51. The number of Topliss-reactive ketones (excluding diaryl/α,β-unsaturated/α-hetero) is 1. The topological polar surface area (TPSA) is 43.1 Å². The molecule has 0 unspecified atom stereocenters. The van der Waals surface area contributed by atoms with Gasteiger partial charge < -0.3 is 5.73 Å². The summed E-state index contributed by atoms with van der Waals surface area (Å²) in [6, 6.07) is 2.18. The Morgan fingerprint density at radius 3 is 2.69 bits per heavy atom. The first-order valence-corrected chi connectivity index (χ1v) is 4.31. The second kappa shape index (κ2) is 3.94. The van der Waals surface area contributed by atoms with E-state index >= 15 is 0 Å². The molecule has 0 fully saturated rings. The smallest absolute Gasteiger partial charge is 0.179 e. The van der Waals surface area contributed by atoms with E-state index in [-0.39, 0.29) is 22.2 Å². The summed E-state index contributed by atoms with van der Waals surface area (Å²) in [5.74, 6) is -1.33. The van der Waals surface area contributed by atoms with Crippen molar-refractivity contribution in [2.45, 2.75) is 0 Å². The summed E-state index contributed by atoms with van der Waals surface area (Å²) in [6.07, 6.45) is 0. The third-order valence-corrected chi connectivity index (χ3v) is 2.05. The van der Waals surface area contributed by atoms with Crippen LogP contribution in [-0.2, 0) is 0 Å². The van der Waals surface area contributed by atoms with Crippen LogP contribution < -0.4 is 5.73 Å². The highest BCUT2D eigenvalue weighted by Gasteiger charge is 2.12. The maximum absolute atomic E-state index is 12.9. The van der Waals surface area contributed by atoms with Crippen molar-refractivity contribution in [2.24, 2.45) is 0 Å². The molecule has 0 saturated carbocycles. The molecule has 1 aromatic carbocycles. The van der Waals surface area contributed by atoms with Gasteiger partial charge in [0.1, 0.15) is 5.82 Å². The van der Waals surface area contributed by atoms with Crippen LogP contribution >= 0.6 is 23.2 Å². The summed E-state index contributed by atoms with van der Waals surface area (Å²) in [7, 11) is 0. The Hall–Kier alpha value is -0.800. The molecule has 1 rings (SSSR count). The van der Waals surface area contributed by atoms with Gasteiger partial charge in [-0.2, -0.15) is 0 Å². The van der Waals surface area contributed by atoms with Crippen molar-refractivity contribution in [3.63, 3.8) is 0 Å². The van der Waals surface area contributed by atoms with Crippen molar-refractivity contribution >= 4 is 34.7 Å². The lowest BCUT2D eigenvalue weighted by Crippen LogP contribution is -2.05. The van der Waals surface area contributed by atoms with Crippen molar-refractivity contribution in [1.29, 1.82) is 0 Å². The molecule has 0 aromatic heterocycles. The molecule has 2 nitrogen and oxygen atoms in total. The normalized spacial score (nSPS) is 10.1. The van der Waals surface area contributed by atoms with Gasteiger partial charge in [-0.25, -0.2) is 4.39 Å². The molecule has 0 aliphatic rings. The van der Waals surface area contributed by atoms with Crippen LogP contribution in [0.5, 0.6) is 0 Å². The van der Waals surface area contributed by atoms with Crippen LogP contribution in [0.1, 0.15) is 10.4 Å². The first kappa shape index (κ1) is 10.3. The molecule has 13 heavy (non-hydrogen) atoms. The molecule has 1 aromatic rings. The molecule has 0 radical (unpaired) electrons. The van der Waals surface area contributed by atoms with E-state index in [2.05, 4.69) is 0 Å². The minimum Gasteiger partial charge on any atom is -0.398 e. The fraction of sp³-hybridized carbons (Fsp3) is 0.125. The lowest BCUT2D eigenvalue weighted by Gasteiger charge is -2.03. The molecule has 0 aliphatic heterocycles. The van der Waals surface area contributed by atoms with E-state index in [1.807, 2.05) is 0 Å². The summed E-state index contributed by atoms with van der Waals surface area (Å²) in [6.45, 7) is 0. The number of nitrogens with two attached hydrogens (primary N) is 1. The monoisotopic (exact) mass is 221 g/mol. The standard InChI is InChI=1S/C8H6Cl2FNO/c9-3-8(13)4-1-6(11)5(10)2-7(4)12/h1-2H,3,12H2. The highest BCUT2D eigenvalue weighted by molar-refractivity contribution is 6.32. The zero-order valence-electron chi connectivity index (χ0n) is 6.48. The number of hydrogen-bond donors (Lipinski definition) is 1. The number of alkyl halides is 1. The Kier molecular flexibility index (Phi) is 3.12. The molecule has 2 N–H and O–H groups in total. The highest BCUT2D eigenvalue weighted by Crippen LogP contribution is 2.22. The van der Waals surface area contributed by atoms with Gasteiger partial charge in [-0.15, -0.1) is 11.6 Å². The van der Waals surface area contributed by atoms with Gasteiger partial charge in [-0.3, -0.25) is 4.79 Å². The average Bonchev–Trinajstić information content (AvgIpc) is 2.10. The fourth-order valence-electron chi connectivity index (χ4n) is 0.876. The van der Waals surface area contributed by atoms with E-state index in [1.165, 1.54) is 6.07 Å². The van der Waals surface area contributed by atoms with Gasteiger partial charge in [0.25, 0.3) is 0 Å². The molecule has 0 heterocycles. The van der Waals surface area contributed by atoms with E-state index in [4.69, 9.17) is 28.9 Å². The van der Waals surface area contributed by atoms with Crippen molar-refractivity contribution in [2.75, 3.05) is 11.6 Å². The van der Waals surface area contributed by atoms with Crippen LogP contribution in [0.3, 0.4) is 0 Å². The van der Waals surface area contributed by atoms with Crippen LogP contribution in [-0.4, -0.2) is 11.7 Å². The molecule has 0 atom stereocenters. The number of anilines is 1. The van der Waals surface area contributed by atoms with Gasteiger partial charge in [0, 0.05) is 11.3 Å². The number of hydrogen-bond acceptors (Lipinski definition) is 2. The van der Waals surface area contributed by atoms with Gasteiger partial charge in [0.15, 0.2) is 5.78 Å². The summed E-state index contributed by atoms with van der Waals surface area (Å²) in [4.78, 5) is 11.1. The van der Waals surface area contributed by atoms with E-state index in [9.17, 15) is 9.18 Å². The summed E-state index contributed by atoms with van der Waals surface area (Å²) < 4.78 is 12.9. The molecule has 0 saturated heterocycles. The Morgan fingerprint density at radius 1 is 1.54 bits per heavy atom. The van der Waals surface area contributed by atoms with Gasteiger partial charge in [0.2, 0.25) is 0 Å². The zero-order chi connectivity index (χ0) is 10.0. The third kappa shape index (κ3) is 2.11. The second-order valence-electron chi connectivity index (χ2n) is 2.41. The highest BCUT2D eigenvalue weighted by atomic mass is 35.5. The number of rotatable bonds is 2. The molecule has 70 valence electrons. The van der Waals surface area contributed by atoms with Crippen LogP contribution in [0.15, 0.2) is 12.1 Å². The molecular weight excluding hydrogens is 216 g/mol. The number of halogens is 3. The number of carbonyl (C=O) groups excluding carboxylic acids is 1. The summed E-state index contributed by atoms with van der Waals surface area (Å²) in [5.41, 5.74) is 5.64. The summed E-state index contributed by atoms with van der Waals surface area (Å²) in [5, 5.41) is -0.108. The average molecular weight is 222 g/mol. The van der Waals surface area contributed by atoms with E-state index in [1.54, 1.807) is 0 Å². The molecular formula is C8H6Cl2FNO. The maximum Gasteiger partial charge on any atom is 0.179 e. The molecule has 0 aliphatic carbocycles. The second-order valence-corrected chi connectivity index (χ2v) is 3.08. The van der Waals surface area contributed by atoms with Gasteiger partial charge in [-0.05, 0) is 12.1 Å². The lowest BCUT2D eigenvalue weighted by molar-refractivity contribution is 0.102. The maximum atomic E-state index is 12.9. The number of benzene rings is 1. The Bertz CT molecular complexity index is 354. The van der Waals surface area contributed by atoms with Crippen LogP contribution in [0, 0.1) is 5.82 Å². The first-order valence-electron chi connectivity index (χ1n) is 3.40. The first-order chi connectivity index (χ1) is 6.06. The Morgan fingerprint density at radius 2 is 2.15 bits per heavy atom. The molecule has 0 spiro atoms. The lowest BCUT2D eigenvalue weighted by atomic mass is 10.1. The van der Waals surface area contributed by atoms with Crippen molar-refractivity contribution in [3.05, 3.63) is 28.5 Å². The fourth-order valence-corrected chi connectivity index (χ4v) is 1.19. The van der Waals surface area contributed by atoms with Crippen LogP contribution in [0.2, 0.25) is 5.02 Å². The van der Waals surface area contributed by atoms with E-state index < -0.39 is 11.6 Å². The van der Waals surface area contributed by atoms with Gasteiger partial charge in [-0.1, -0.05) is 11.6 Å². The predicted molar refractivity (Wildman–Crippen MR) is 50.9 cm³/mol. The predicted octanol–water partition coefficient (Wildman–Crippen LogP) is 2.48. The van der Waals surface area contributed by atoms with Crippen LogP contribution in [0.25, 0.3) is 0 Å². The number of nitrogen functional groups attached to an aromatic ring is 1. The van der Waals surface area contributed by atoms with Crippen molar-refractivity contribution in [3.8, 4) is 0 Å². The van der Waals surface area contributed by atoms with Gasteiger partial charge in [0.05, 0.1) is 10.9 Å². The minimum atomic E-state index is -0.677. The quantitative estimate of drug-likeness (QED) is 0.474. The van der Waals surface area contributed by atoms with E-state index in [0.29, 0.717) is 0 Å². The van der Waals surface area contributed by atoms with Crippen LogP contribution in [0.4, 0.5) is 10.1 Å². The SMILES string of the molecule is Nc1cc(Cl)c(F)cc1C(=O)CCl. The minimum absolute atomic E-state index is 0.0666. The zero-order valence-corrected chi connectivity index (χ0v) is 7.99. The Balaban J connectivity index is 3.23. The number of carbonyl (C=O) groups is 1. The van der Waals surface area contributed by atoms with E-state index in [0.717, 1.165) is 6.07 Å². The molecule has 0 amide bonds. The van der Waals surface area contributed by atoms with Crippen molar-refractivity contribution in [1.82, 2.24) is 0 Å². The Labute approximate surface area is 84.4 Å². The molecule has 0 bridgehead atoms. The molecule has 5 heteroatoms. The number of ketones is 1. The largest absolute Gasteiger partial charge is 0.398 e. The van der Waals surface area contributed by atoms with Gasteiger partial charge >= 0.3 is 0 Å². The van der Waals surface area contributed by atoms with Crippen molar-refractivity contribution < 1.29 is 9.18 Å².